The van der Waals surface area contributed by atoms with Gasteiger partial charge in [0.1, 0.15) is 6.61 Å². The monoisotopic (exact) mass is 389 g/mol. The van der Waals surface area contributed by atoms with Crippen LogP contribution in [0.4, 0.5) is 0 Å². The maximum absolute atomic E-state index is 11.3. The number of carboxylic acid groups (broad SMARTS) is 3. The van der Waals surface area contributed by atoms with Gasteiger partial charge in [-0.1, -0.05) is 0 Å². The van der Waals surface area contributed by atoms with Crippen molar-refractivity contribution in [3.05, 3.63) is 0 Å². The van der Waals surface area contributed by atoms with Crippen LogP contribution in [0.15, 0.2) is 4.99 Å². The van der Waals surface area contributed by atoms with Crippen molar-refractivity contribution in [2.24, 2.45) is 16.8 Å². The van der Waals surface area contributed by atoms with Gasteiger partial charge in [0.15, 0.2) is 0 Å². The summed E-state index contributed by atoms with van der Waals surface area (Å²) in [6.07, 6.45) is -3.48. The van der Waals surface area contributed by atoms with Crippen molar-refractivity contribution in [1.29, 1.82) is 0 Å². The molecule has 0 aromatic heterocycles. The lowest BCUT2D eigenvalue weighted by molar-refractivity contribution is -0.177. The number of aliphatic carboxylic acids is 3. The number of carbonyl (C=O) groups excluding carboxylic acids is 1. The molecule has 1 fully saturated rings. The van der Waals surface area contributed by atoms with Gasteiger partial charge in [0.25, 0.3) is 0 Å². The van der Waals surface area contributed by atoms with Gasteiger partial charge in [0, 0.05) is 18.8 Å². The van der Waals surface area contributed by atoms with E-state index in [2.05, 4.69) is 22.4 Å². The fourth-order valence-electron chi connectivity index (χ4n) is 3.11. The Hall–Kier alpha value is -2.36. The van der Waals surface area contributed by atoms with Crippen LogP contribution in [-0.4, -0.2) is 69.2 Å². The molecule has 0 unspecified atom stereocenters. The van der Waals surface area contributed by atoms with Crippen LogP contribution < -0.4 is 0 Å². The van der Waals surface area contributed by atoms with Gasteiger partial charge in [-0.25, -0.2) is 4.99 Å². The van der Waals surface area contributed by atoms with Crippen LogP contribution in [0.25, 0.3) is 0 Å². The molecule has 0 saturated carbocycles. The summed E-state index contributed by atoms with van der Waals surface area (Å²) in [5.41, 5.74) is 0. The average Bonchev–Trinajstić information content (AvgIpc) is 2.49. The zero-order valence-electron chi connectivity index (χ0n) is 13.9. The number of hydrogen-bond acceptors (Lipinski definition) is 8. The number of rotatable bonds is 9. The highest BCUT2D eigenvalue weighted by atomic mass is 32.1. The molecular formula is C15H19NO9S. The van der Waals surface area contributed by atoms with Crippen molar-refractivity contribution < 1.29 is 44.0 Å². The maximum Gasteiger partial charge on any atom is 0.306 e. The van der Waals surface area contributed by atoms with E-state index in [4.69, 9.17) is 19.7 Å². The molecule has 0 amide bonds. The largest absolute Gasteiger partial charge is 0.481 e. The lowest BCUT2D eigenvalue weighted by atomic mass is 9.73. The molecule has 0 aromatic rings. The minimum Gasteiger partial charge on any atom is -0.481 e. The van der Waals surface area contributed by atoms with E-state index in [9.17, 15) is 24.3 Å². The Balaban J connectivity index is 3.28. The third kappa shape index (κ3) is 6.51. The Morgan fingerprint density at radius 2 is 1.54 bits per heavy atom. The van der Waals surface area contributed by atoms with E-state index in [1.165, 1.54) is 0 Å². The molecule has 0 bridgehead atoms. The van der Waals surface area contributed by atoms with Crippen molar-refractivity contribution >= 4 is 41.3 Å². The van der Waals surface area contributed by atoms with Crippen molar-refractivity contribution in [2.45, 2.75) is 44.4 Å². The van der Waals surface area contributed by atoms with Gasteiger partial charge in [-0.3, -0.25) is 19.2 Å². The molecule has 0 radical (unpaired) electrons. The molecule has 11 heteroatoms. The van der Waals surface area contributed by atoms with Gasteiger partial charge in [-0.2, -0.15) is 0 Å². The van der Waals surface area contributed by atoms with Crippen molar-refractivity contribution in [3.8, 4) is 0 Å². The summed E-state index contributed by atoms with van der Waals surface area (Å²) in [5, 5.41) is 29.5. The Kier molecular flexibility index (Phi) is 8.30. The fourth-order valence-corrected chi connectivity index (χ4v) is 3.23. The Bertz CT molecular complexity index is 616. The van der Waals surface area contributed by atoms with E-state index in [0.29, 0.717) is 0 Å². The first-order valence-corrected chi connectivity index (χ1v) is 8.07. The standard InChI is InChI=1S/C15H19NO9S/c1-7(17)24-5-11-8(2-12(18)19)9(3-13(20)21)15(16-6-26)10(25-11)4-14(22)23/h8-11,15H,2-5H2,1H3,(H,18,19)(H,20,21)(H,22,23)/t8-,9-,10+,11+,15-/m1/s1. The smallest absolute Gasteiger partial charge is 0.306 e. The first kappa shape index (κ1) is 21.7. The van der Waals surface area contributed by atoms with Gasteiger partial charge >= 0.3 is 23.9 Å². The number of carboxylic acids is 3. The maximum atomic E-state index is 11.3. The number of ether oxygens (including phenoxy) is 2. The molecule has 26 heavy (non-hydrogen) atoms. The van der Waals surface area contributed by atoms with Crippen molar-refractivity contribution in [2.75, 3.05) is 6.61 Å². The minimum absolute atomic E-state index is 0.326. The van der Waals surface area contributed by atoms with Gasteiger partial charge in [-0.15, -0.1) is 0 Å². The summed E-state index contributed by atoms with van der Waals surface area (Å²) >= 11 is 4.55. The molecule has 1 aliphatic heterocycles. The summed E-state index contributed by atoms with van der Waals surface area (Å²) in [6.45, 7) is 0.825. The summed E-state index contributed by atoms with van der Waals surface area (Å²) in [5.74, 6) is -6.01. The third-order valence-electron chi connectivity index (χ3n) is 4.05. The summed E-state index contributed by atoms with van der Waals surface area (Å²) in [6, 6.07) is -0.988. The Morgan fingerprint density at radius 3 is 2.00 bits per heavy atom. The molecule has 1 saturated heterocycles. The first-order valence-electron chi connectivity index (χ1n) is 7.66. The number of esters is 1. The number of isothiocyanates is 1. The van der Waals surface area contributed by atoms with Crippen molar-refractivity contribution in [3.63, 3.8) is 0 Å². The third-order valence-corrected chi connectivity index (χ3v) is 4.15. The second-order valence-corrected chi connectivity index (χ2v) is 6.03. The van der Waals surface area contributed by atoms with Crippen LogP contribution in [-0.2, 0) is 28.7 Å². The van der Waals surface area contributed by atoms with E-state index in [1.54, 1.807) is 0 Å². The highest BCUT2D eigenvalue weighted by molar-refractivity contribution is 7.78. The van der Waals surface area contributed by atoms with Crippen LogP contribution in [0.3, 0.4) is 0 Å². The van der Waals surface area contributed by atoms with E-state index in [1.807, 2.05) is 0 Å². The molecular weight excluding hydrogens is 370 g/mol. The van der Waals surface area contributed by atoms with E-state index < -0.39 is 73.2 Å². The van der Waals surface area contributed by atoms with Crippen LogP contribution >= 0.6 is 12.2 Å². The predicted molar refractivity (Wildman–Crippen MR) is 87.8 cm³/mol. The van der Waals surface area contributed by atoms with E-state index in [-0.39, 0.29) is 6.61 Å². The summed E-state index contributed by atoms with van der Waals surface area (Å²) in [4.78, 5) is 48.5. The van der Waals surface area contributed by atoms with Gasteiger partial charge in [0.2, 0.25) is 0 Å². The number of aliphatic imine (C=N–C) groups is 1. The minimum atomic E-state index is -1.21. The summed E-state index contributed by atoms with van der Waals surface area (Å²) in [7, 11) is 0. The Labute approximate surface area is 153 Å². The molecule has 10 nitrogen and oxygen atoms in total. The van der Waals surface area contributed by atoms with Crippen LogP contribution in [0.1, 0.15) is 26.2 Å². The molecule has 5 atom stereocenters. The molecule has 0 aliphatic carbocycles. The van der Waals surface area contributed by atoms with Gasteiger partial charge < -0.3 is 24.8 Å². The van der Waals surface area contributed by atoms with Gasteiger partial charge in [0.05, 0.1) is 42.7 Å². The lowest BCUT2D eigenvalue weighted by Gasteiger charge is -2.44. The zero-order valence-corrected chi connectivity index (χ0v) is 14.7. The van der Waals surface area contributed by atoms with Crippen LogP contribution in [0.2, 0.25) is 0 Å². The van der Waals surface area contributed by atoms with Crippen LogP contribution in [0.5, 0.6) is 0 Å². The normalized spacial score (nSPS) is 27.8. The molecule has 1 aliphatic rings. The van der Waals surface area contributed by atoms with E-state index in [0.717, 1.165) is 6.92 Å². The zero-order chi connectivity index (χ0) is 19.9. The number of nitrogens with zero attached hydrogens (tertiary/aromatic N) is 1. The first-order chi connectivity index (χ1) is 12.1. The number of thiocarbonyl (C=S) groups is 1. The highest BCUT2D eigenvalue weighted by Crippen LogP contribution is 2.38. The second kappa shape index (κ2) is 9.95. The Morgan fingerprint density at radius 1 is 1.00 bits per heavy atom. The van der Waals surface area contributed by atoms with Gasteiger partial charge in [-0.05, 0) is 12.2 Å². The second-order valence-electron chi connectivity index (χ2n) is 5.85. The van der Waals surface area contributed by atoms with Crippen LogP contribution in [0, 0.1) is 11.8 Å². The topological polar surface area (TPSA) is 160 Å². The molecule has 0 aromatic carbocycles. The number of hydrogen-bond donors (Lipinski definition) is 3. The van der Waals surface area contributed by atoms with E-state index >= 15 is 0 Å². The average molecular weight is 389 g/mol. The molecule has 1 heterocycles. The van der Waals surface area contributed by atoms with Crippen molar-refractivity contribution in [1.82, 2.24) is 0 Å². The predicted octanol–water partition coefficient (Wildman–Crippen LogP) is 0.445. The molecule has 0 spiro atoms. The fraction of sp³-hybridized carbons (Fsp3) is 0.667. The quantitative estimate of drug-likeness (QED) is 0.287. The SMILES string of the molecule is CC(=O)OC[C@@H]1O[C@@H](CC(=O)O)[C@H](N=C=S)[C@H](CC(=O)O)[C@H]1CC(=O)O. The number of carbonyl (C=O) groups is 4. The highest BCUT2D eigenvalue weighted by Gasteiger charge is 2.48. The molecule has 3 N–H and O–H groups in total. The molecule has 1 rings (SSSR count). The summed E-state index contributed by atoms with van der Waals surface area (Å²) < 4.78 is 10.5. The lowest BCUT2D eigenvalue weighted by Crippen LogP contribution is -2.53. The molecule has 144 valence electrons.